The fourth-order valence-electron chi connectivity index (χ4n) is 4.90. The van der Waals surface area contributed by atoms with Gasteiger partial charge in [-0.05, 0) is 44.0 Å². The number of rotatable bonds is 5. The maximum Gasteiger partial charge on any atom is 0.126 e. The van der Waals surface area contributed by atoms with Gasteiger partial charge in [0, 0.05) is 23.6 Å². The summed E-state index contributed by atoms with van der Waals surface area (Å²) in [6, 6.07) is 15.7. The summed E-state index contributed by atoms with van der Waals surface area (Å²) in [5.74, 6) is 2.05. The second-order valence-corrected chi connectivity index (χ2v) is 7.41. The van der Waals surface area contributed by atoms with Gasteiger partial charge < -0.3 is 19.5 Å². The van der Waals surface area contributed by atoms with Crippen LogP contribution in [0, 0.1) is 11.8 Å². The minimum atomic E-state index is -1.15. The fraction of sp³-hybridized carbons (Fsp3) is 0.455. The highest BCUT2D eigenvalue weighted by atomic mass is 35.5. The van der Waals surface area contributed by atoms with Gasteiger partial charge in [-0.2, -0.15) is 0 Å². The van der Waals surface area contributed by atoms with Crippen LogP contribution in [0.15, 0.2) is 48.5 Å². The second-order valence-electron chi connectivity index (χ2n) is 7.41. The van der Waals surface area contributed by atoms with Crippen LogP contribution in [-0.2, 0) is 5.60 Å². The molecule has 2 aromatic rings. The largest absolute Gasteiger partial charge is 0.496 e. The molecule has 3 saturated heterocycles. The Bertz CT molecular complexity index is 726. The molecule has 1 unspecified atom stereocenters. The normalized spacial score (nSPS) is 24.2. The maximum absolute atomic E-state index is 12.3. The summed E-state index contributed by atoms with van der Waals surface area (Å²) in [5, 5.41) is 12.3. The van der Waals surface area contributed by atoms with Crippen molar-refractivity contribution in [2.45, 2.75) is 18.4 Å². The first-order chi connectivity index (χ1) is 12.7. The fourth-order valence-corrected chi connectivity index (χ4v) is 4.90. The van der Waals surface area contributed by atoms with Gasteiger partial charge in [-0.25, -0.2) is 0 Å². The number of piperidine rings is 3. The molecule has 3 heterocycles. The molecular weight excluding hydrogens is 362 g/mol. The van der Waals surface area contributed by atoms with Gasteiger partial charge >= 0.3 is 0 Å². The van der Waals surface area contributed by atoms with E-state index in [9.17, 15) is 5.11 Å². The van der Waals surface area contributed by atoms with Gasteiger partial charge in [-0.3, -0.25) is 0 Å². The zero-order chi connectivity index (χ0) is 18.1. The van der Waals surface area contributed by atoms with E-state index in [0.717, 1.165) is 55.1 Å². The third-order valence-electron chi connectivity index (χ3n) is 6.23. The zero-order valence-electron chi connectivity index (χ0n) is 15.9. The van der Waals surface area contributed by atoms with E-state index in [2.05, 4.69) is 4.90 Å². The van der Waals surface area contributed by atoms with Crippen molar-refractivity contribution in [1.29, 1.82) is 0 Å². The van der Waals surface area contributed by atoms with Crippen LogP contribution in [0.3, 0.4) is 0 Å². The SMILES string of the molecule is COc1ccccc1C(O)(c1ccccc1OC)C1CN2CCC1CC2.Cl. The van der Waals surface area contributed by atoms with Gasteiger partial charge in [-0.1, -0.05) is 36.4 Å². The van der Waals surface area contributed by atoms with Crippen LogP contribution in [0.5, 0.6) is 11.5 Å². The maximum atomic E-state index is 12.3. The van der Waals surface area contributed by atoms with E-state index in [4.69, 9.17) is 9.47 Å². The van der Waals surface area contributed by atoms with Crippen molar-refractivity contribution in [2.24, 2.45) is 11.8 Å². The van der Waals surface area contributed by atoms with Crippen molar-refractivity contribution < 1.29 is 14.6 Å². The molecule has 5 heteroatoms. The van der Waals surface area contributed by atoms with Crippen molar-refractivity contribution in [2.75, 3.05) is 33.9 Å². The van der Waals surface area contributed by atoms with Crippen molar-refractivity contribution >= 4 is 12.4 Å². The van der Waals surface area contributed by atoms with Gasteiger partial charge in [0.15, 0.2) is 0 Å². The Hall–Kier alpha value is -1.75. The number of benzene rings is 2. The lowest BCUT2D eigenvalue weighted by atomic mass is 9.65. The lowest BCUT2D eigenvalue weighted by molar-refractivity contribution is -0.0781. The molecule has 2 bridgehead atoms. The standard InChI is InChI=1S/C22H27NO3.ClH/c1-25-20-9-5-3-7-17(20)22(24,18-8-4-6-10-21(18)26-2)19-15-23-13-11-16(19)12-14-23;/h3-10,16,19,24H,11-15H2,1-2H3;1H. The quantitative estimate of drug-likeness (QED) is 0.846. The third-order valence-corrected chi connectivity index (χ3v) is 6.23. The topological polar surface area (TPSA) is 41.9 Å². The number of ether oxygens (including phenoxy) is 2. The lowest BCUT2D eigenvalue weighted by Crippen LogP contribution is -2.55. The van der Waals surface area contributed by atoms with Crippen LogP contribution in [0.2, 0.25) is 0 Å². The van der Waals surface area contributed by atoms with E-state index in [1.807, 2.05) is 48.5 Å². The summed E-state index contributed by atoms with van der Waals surface area (Å²) in [5.41, 5.74) is 0.500. The first-order valence-corrected chi connectivity index (χ1v) is 9.40. The number of hydrogen-bond acceptors (Lipinski definition) is 4. The summed E-state index contributed by atoms with van der Waals surface area (Å²) in [7, 11) is 3.33. The van der Waals surface area contributed by atoms with Gasteiger partial charge in [0.2, 0.25) is 0 Å². The number of halogens is 1. The predicted octanol–water partition coefficient (Wildman–Crippen LogP) is 3.70. The van der Waals surface area contributed by atoms with E-state index < -0.39 is 5.60 Å². The van der Waals surface area contributed by atoms with Crippen LogP contribution >= 0.6 is 12.4 Å². The molecule has 0 spiro atoms. The van der Waals surface area contributed by atoms with Crippen LogP contribution in [0.1, 0.15) is 24.0 Å². The summed E-state index contributed by atoms with van der Waals surface area (Å²) in [4.78, 5) is 2.47. The van der Waals surface area contributed by atoms with E-state index in [1.165, 1.54) is 0 Å². The molecule has 0 radical (unpaired) electrons. The predicted molar refractivity (Wildman–Crippen MR) is 109 cm³/mol. The molecule has 0 aromatic heterocycles. The Labute approximate surface area is 167 Å². The van der Waals surface area contributed by atoms with Gasteiger partial charge in [0.25, 0.3) is 0 Å². The molecule has 0 amide bonds. The Morgan fingerprint density at radius 2 is 1.37 bits per heavy atom. The van der Waals surface area contributed by atoms with Gasteiger partial charge in [0.05, 0.1) is 14.2 Å². The molecule has 5 rings (SSSR count). The number of para-hydroxylation sites is 2. The molecule has 4 nitrogen and oxygen atoms in total. The number of fused-ring (bicyclic) bond motifs is 3. The van der Waals surface area contributed by atoms with E-state index in [1.54, 1.807) is 14.2 Å². The monoisotopic (exact) mass is 389 g/mol. The summed E-state index contributed by atoms with van der Waals surface area (Å²) >= 11 is 0. The molecule has 1 N–H and O–H groups in total. The van der Waals surface area contributed by atoms with Crippen LogP contribution in [0.4, 0.5) is 0 Å². The smallest absolute Gasteiger partial charge is 0.126 e. The molecule has 146 valence electrons. The molecule has 2 aromatic carbocycles. The Kier molecular flexibility index (Phi) is 5.99. The van der Waals surface area contributed by atoms with Crippen molar-refractivity contribution in [3.63, 3.8) is 0 Å². The summed E-state index contributed by atoms with van der Waals surface area (Å²) in [6.45, 7) is 3.17. The number of methoxy groups -OCH3 is 2. The zero-order valence-corrected chi connectivity index (χ0v) is 16.7. The molecule has 3 aliphatic heterocycles. The minimum absolute atomic E-state index is 0. The van der Waals surface area contributed by atoms with Crippen LogP contribution in [-0.4, -0.2) is 43.9 Å². The van der Waals surface area contributed by atoms with Gasteiger partial charge in [0.1, 0.15) is 17.1 Å². The average Bonchev–Trinajstić information content (AvgIpc) is 2.74. The molecule has 27 heavy (non-hydrogen) atoms. The highest BCUT2D eigenvalue weighted by molar-refractivity contribution is 5.85. The Morgan fingerprint density at radius 1 is 0.889 bits per heavy atom. The first-order valence-electron chi connectivity index (χ1n) is 9.40. The van der Waals surface area contributed by atoms with E-state index >= 15 is 0 Å². The molecule has 1 atom stereocenters. The van der Waals surface area contributed by atoms with Crippen molar-refractivity contribution in [3.05, 3.63) is 59.7 Å². The van der Waals surface area contributed by atoms with Gasteiger partial charge in [-0.15, -0.1) is 12.4 Å². The number of aliphatic hydroxyl groups is 1. The van der Waals surface area contributed by atoms with E-state index in [-0.39, 0.29) is 18.3 Å². The molecular formula is C22H28ClNO3. The number of nitrogens with zero attached hydrogens (tertiary/aromatic N) is 1. The number of hydrogen-bond donors (Lipinski definition) is 1. The van der Waals surface area contributed by atoms with E-state index in [0.29, 0.717) is 5.92 Å². The molecule has 0 saturated carbocycles. The van der Waals surface area contributed by atoms with Crippen LogP contribution in [0.25, 0.3) is 0 Å². The summed E-state index contributed by atoms with van der Waals surface area (Å²) < 4.78 is 11.3. The highest BCUT2D eigenvalue weighted by Gasteiger charge is 2.50. The second kappa shape index (κ2) is 8.09. The molecule has 3 fully saturated rings. The Balaban J connectivity index is 0.00000210. The average molecular weight is 390 g/mol. The Morgan fingerprint density at radius 3 is 1.78 bits per heavy atom. The first kappa shape index (κ1) is 20.0. The molecule has 3 aliphatic rings. The van der Waals surface area contributed by atoms with Crippen molar-refractivity contribution in [1.82, 2.24) is 4.90 Å². The highest BCUT2D eigenvalue weighted by Crippen LogP contribution is 2.51. The minimum Gasteiger partial charge on any atom is -0.496 e. The van der Waals surface area contributed by atoms with Crippen molar-refractivity contribution in [3.8, 4) is 11.5 Å². The van der Waals surface area contributed by atoms with Crippen LogP contribution < -0.4 is 9.47 Å². The summed E-state index contributed by atoms with van der Waals surface area (Å²) in [6.07, 6.45) is 2.27. The molecule has 0 aliphatic carbocycles. The lowest BCUT2D eigenvalue weighted by Gasteiger charge is -2.51. The third kappa shape index (κ3) is 3.31.